The second kappa shape index (κ2) is 14.9. The van der Waals surface area contributed by atoms with E-state index in [1.54, 1.807) is 24.8 Å². The van der Waals surface area contributed by atoms with Crippen LogP contribution in [0.4, 0.5) is 0 Å². The van der Waals surface area contributed by atoms with Gasteiger partial charge in [0.2, 0.25) is 0 Å². The van der Waals surface area contributed by atoms with Gasteiger partial charge < -0.3 is 4.74 Å². The van der Waals surface area contributed by atoms with Crippen molar-refractivity contribution in [3.63, 3.8) is 0 Å². The number of benzene rings is 1. The van der Waals surface area contributed by atoms with Crippen molar-refractivity contribution in [2.24, 2.45) is 0 Å². The smallest absolute Gasteiger partial charge is 0.119 e. The fourth-order valence-electron chi connectivity index (χ4n) is 4.56. The van der Waals surface area contributed by atoms with Gasteiger partial charge in [-0.25, -0.2) is 4.98 Å². The van der Waals surface area contributed by atoms with E-state index in [2.05, 4.69) is 53.3 Å². The first kappa shape index (κ1) is 26.5. The Morgan fingerprint density at radius 3 is 1.51 bits per heavy atom. The maximum Gasteiger partial charge on any atom is 0.119 e. The molecule has 0 unspecified atom stereocenters. The largest absolute Gasteiger partial charge is 0.494 e. The van der Waals surface area contributed by atoms with E-state index in [1.807, 2.05) is 24.3 Å². The standard InChI is InChI=1S/C33H39N3O/c1-2-3-4-5-6-7-8-9-10-11-24-37-31-14-12-27(13-15-31)30-25-32(28-16-20-34-21-17-28)36-33(26-30)29-18-22-35-23-19-29/h12-23,25-26H,2-11,24H2,1H3. The van der Waals surface area contributed by atoms with E-state index in [9.17, 15) is 0 Å². The summed E-state index contributed by atoms with van der Waals surface area (Å²) in [4.78, 5) is 13.2. The number of hydrogen-bond acceptors (Lipinski definition) is 4. The van der Waals surface area contributed by atoms with E-state index in [0.29, 0.717) is 0 Å². The van der Waals surface area contributed by atoms with Crippen molar-refractivity contribution in [2.75, 3.05) is 6.61 Å². The lowest BCUT2D eigenvalue weighted by atomic mass is 10.0. The molecule has 0 bridgehead atoms. The molecule has 37 heavy (non-hydrogen) atoms. The predicted molar refractivity (Wildman–Crippen MR) is 153 cm³/mol. The number of aromatic nitrogens is 3. The number of nitrogens with zero attached hydrogens (tertiary/aromatic N) is 3. The summed E-state index contributed by atoms with van der Waals surface area (Å²) in [6.45, 7) is 3.06. The number of rotatable bonds is 15. The van der Waals surface area contributed by atoms with Gasteiger partial charge in [-0.05, 0) is 66.1 Å². The summed E-state index contributed by atoms with van der Waals surface area (Å²) in [6, 6.07) is 20.7. The third kappa shape index (κ3) is 8.52. The average Bonchev–Trinajstić information content (AvgIpc) is 2.97. The zero-order chi connectivity index (χ0) is 25.5. The number of hydrogen-bond donors (Lipinski definition) is 0. The fourth-order valence-corrected chi connectivity index (χ4v) is 4.56. The van der Waals surface area contributed by atoms with E-state index in [0.717, 1.165) is 52.4 Å². The number of ether oxygens (including phenoxy) is 1. The zero-order valence-corrected chi connectivity index (χ0v) is 22.1. The Balaban J connectivity index is 1.32. The molecule has 4 heteroatoms. The van der Waals surface area contributed by atoms with Crippen molar-refractivity contribution < 1.29 is 4.74 Å². The van der Waals surface area contributed by atoms with Crippen molar-refractivity contribution in [3.8, 4) is 39.4 Å². The summed E-state index contributed by atoms with van der Waals surface area (Å²) in [6.07, 6.45) is 20.6. The molecule has 0 saturated carbocycles. The molecule has 4 nitrogen and oxygen atoms in total. The van der Waals surface area contributed by atoms with Crippen molar-refractivity contribution in [2.45, 2.75) is 71.1 Å². The maximum absolute atomic E-state index is 6.03. The Morgan fingerprint density at radius 2 is 1.00 bits per heavy atom. The van der Waals surface area contributed by atoms with Crippen molar-refractivity contribution in [3.05, 3.63) is 85.5 Å². The van der Waals surface area contributed by atoms with Gasteiger partial charge in [0.1, 0.15) is 5.75 Å². The Labute approximate surface area is 222 Å². The number of unbranched alkanes of at least 4 members (excludes halogenated alkanes) is 9. The van der Waals surface area contributed by atoms with Crippen LogP contribution >= 0.6 is 0 Å². The van der Waals surface area contributed by atoms with Crippen LogP contribution in [0.25, 0.3) is 33.6 Å². The van der Waals surface area contributed by atoms with Crippen LogP contribution in [0.3, 0.4) is 0 Å². The molecule has 1 aromatic carbocycles. The van der Waals surface area contributed by atoms with Crippen LogP contribution < -0.4 is 4.74 Å². The third-order valence-corrected chi connectivity index (χ3v) is 6.73. The molecule has 0 N–H and O–H groups in total. The quantitative estimate of drug-likeness (QED) is 0.155. The first-order chi connectivity index (χ1) is 18.3. The minimum Gasteiger partial charge on any atom is -0.494 e. The average molecular weight is 494 g/mol. The summed E-state index contributed by atoms with van der Waals surface area (Å²) in [5.41, 5.74) is 6.20. The molecule has 0 saturated heterocycles. The Kier molecular flexibility index (Phi) is 10.7. The molecule has 0 aliphatic rings. The molecule has 4 aromatic rings. The van der Waals surface area contributed by atoms with Crippen LogP contribution in [-0.2, 0) is 0 Å². The van der Waals surface area contributed by atoms with Crippen molar-refractivity contribution in [1.82, 2.24) is 15.0 Å². The van der Waals surface area contributed by atoms with Crippen LogP contribution in [0.5, 0.6) is 5.75 Å². The van der Waals surface area contributed by atoms with E-state index in [-0.39, 0.29) is 0 Å². The molecule has 0 amide bonds. The first-order valence-corrected chi connectivity index (χ1v) is 13.9. The van der Waals surface area contributed by atoms with Gasteiger partial charge in [-0.3, -0.25) is 9.97 Å². The van der Waals surface area contributed by atoms with Gasteiger partial charge in [-0.15, -0.1) is 0 Å². The highest BCUT2D eigenvalue weighted by Crippen LogP contribution is 2.30. The van der Waals surface area contributed by atoms with Gasteiger partial charge in [-0.1, -0.05) is 76.8 Å². The molecule has 0 aliphatic heterocycles. The van der Waals surface area contributed by atoms with Crippen LogP contribution in [0, 0.1) is 0 Å². The first-order valence-electron chi connectivity index (χ1n) is 13.9. The Morgan fingerprint density at radius 1 is 0.514 bits per heavy atom. The molecule has 0 spiro atoms. The molecule has 0 radical (unpaired) electrons. The molecule has 4 rings (SSSR count). The summed E-state index contributed by atoms with van der Waals surface area (Å²) in [5, 5.41) is 0. The Bertz CT molecular complexity index is 1120. The second-order valence-corrected chi connectivity index (χ2v) is 9.65. The second-order valence-electron chi connectivity index (χ2n) is 9.65. The van der Waals surface area contributed by atoms with Crippen LogP contribution in [0.1, 0.15) is 71.1 Å². The highest BCUT2D eigenvalue weighted by atomic mass is 16.5. The summed E-state index contributed by atoms with van der Waals surface area (Å²) < 4.78 is 6.03. The Hall–Kier alpha value is -3.53. The lowest BCUT2D eigenvalue weighted by molar-refractivity contribution is 0.304. The van der Waals surface area contributed by atoms with Gasteiger partial charge in [0.05, 0.1) is 18.0 Å². The van der Waals surface area contributed by atoms with Crippen LogP contribution in [0.2, 0.25) is 0 Å². The van der Waals surface area contributed by atoms with E-state index < -0.39 is 0 Å². The minimum atomic E-state index is 0.781. The lowest BCUT2D eigenvalue weighted by Crippen LogP contribution is -1.97. The van der Waals surface area contributed by atoms with Crippen LogP contribution in [-0.4, -0.2) is 21.6 Å². The summed E-state index contributed by atoms with van der Waals surface area (Å²) in [7, 11) is 0. The maximum atomic E-state index is 6.03. The molecule has 3 heterocycles. The highest BCUT2D eigenvalue weighted by Gasteiger charge is 2.09. The predicted octanol–water partition coefficient (Wildman–Crippen LogP) is 9.17. The van der Waals surface area contributed by atoms with E-state index in [4.69, 9.17) is 9.72 Å². The highest BCUT2D eigenvalue weighted by molar-refractivity contribution is 5.76. The SMILES string of the molecule is CCCCCCCCCCCCOc1ccc(-c2cc(-c3ccncc3)nc(-c3ccncc3)c2)cc1. The van der Waals surface area contributed by atoms with Gasteiger partial charge in [-0.2, -0.15) is 0 Å². The molecule has 0 aliphatic carbocycles. The summed E-state index contributed by atoms with van der Waals surface area (Å²) >= 11 is 0. The van der Waals surface area contributed by atoms with Gasteiger partial charge in [0.15, 0.2) is 0 Å². The monoisotopic (exact) mass is 493 g/mol. The number of pyridine rings is 3. The molecule has 192 valence electrons. The normalized spacial score (nSPS) is 10.9. The van der Waals surface area contributed by atoms with E-state index >= 15 is 0 Å². The topological polar surface area (TPSA) is 47.9 Å². The van der Waals surface area contributed by atoms with Crippen molar-refractivity contribution >= 4 is 0 Å². The van der Waals surface area contributed by atoms with E-state index in [1.165, 1.54) is 57.8 Å². The van der Waals surface area contributed by atoms with Gasteiger partial charge in [0, 0.05) is 35.9 Å². The van der Waals surface area contributed by atoms with Gasteiger partial charge in [0.25, 0.3) is 0 Å². The molecular formula is C33H39N3O. The molecular weight excluding hydrogens is 454 g/mol. The third-order valence-electron chi connectivity index (χ3n) is 6.73. The molecule has 3 aromatic heterocycles. The minimum absolute atomic E-state index is 0.781. The summed E-state index contributed by atoms with van der Waals surface area (Å²) in [5.74, 6) is 0.928. The van der Waals surface area contributed by atoms with Crippen LogP contribution in [0.15, 0.2) is 85.5 Å². The van der Waals surface area contributed by atoms with Crippen molar-refractivity contribution in [1.29, 1.82) is 0 Å². The molecule has 0 atom stereocenters. The lowest BCUT2D eigenvalue weighted by Gasteiger charge is -2.11. The zero-order valence-electron chi connectivity index (χ0n) is 22.1. The fraction of sp³-hybridized carbons (Fsp3) is 0.364. The van der Waals surface area contributed by atoms with Gasteiger partial charge >= 0.3 is 0 Å². The molecule has 0 fully saturated rings.